The zero-order valence-corrected chi connectivity index (χ0v) is 14.6. The van der Waals surface area contributed by atoms with Crippen molar-refractivity contribution in [1.82, 2.24) is 0 Å². The van der Waals surface area contributed by atoms with Crippen LogP contribution in [0.15, 0.2) is 52.7 Å². The smallest absolute Gasteiger partial charge is 0.269 e. The second-order valence-electron chi connectivity index (χ2n) is 4.57. The number of benzene rings is 2. The number of non-ortho nitro benzene ring substituents is 1. The summed E-state index contributed by atoms with van der Waals surface area (Å²) in [6.45, 7) is 0. The summed E-state index contributed by atoms with van der Waals surface area (Å²) in [4.78, 5) is 10.1. The topological polar surface area (TPSA) is 93.9 Å². The van der Waals surface area contributed by atoms with E-state index in [1.807, 2.05) is 6.07 Å². The Balaban J connectivity index is 1.90. The van der Waals surface area contributed by atoms with Crippen LogP contribution in [0.3, 0.4) is 0 Å². The largest absolute Gasteiger partial charge is 0.377 e. The SMILES string of the molecule is N/C(=N\N=C\c1ccc([N+](=O)[O-])cc1)SCc1ccc(Cl)c(Cl)c1. The van der Waals surface area contributed by atoms with Crippen LogP contribution < -0.4 is 5.73 Å². The molecule has 9 heteroatoms. The molecule has 2 aromatic carbocycles. The van der Waals surface area contributed by atoms with Gasteiger partial charge in [-0.05, 0) is 35.4 Å². The van der Waals surface area contributed by atoms with Gasteiger partial charge in [-0.1, -0.05) is 41.0 Å². The molecule has 0 atom stereocenters. The van der Waals surface area contributed by atoms with Gasteiger partial charge in [-0.2, -0.15) is 5.10 Å². The molecule has 0 aliphatic carbocycles. The lowest BCUT2D eigenvalue weighted by atomic mass is 10.2. The van der Waals surface area contributed by atoms with Crippen LogP contribution >= 0.6 is 35.0 Å². The number of nitrogens with zero attached hydrogens (tertiary/aromatic N) is 3. The van der Waals surface area contributed by atoms with Gasteiger partial charge in [0.2, 0.25) is 0 Å². The minimum absolute atomic E-state index is 0.0207. The summed E-state index contributed by atoms with van der Waals surface area (Å²) in [5.41, 5.74) is 7.44. The fraction of sp³-hybridized carbons (Fsp3) is 0.0667. The Morgan fingerprint density at radius 3 is 2.54 bits per heavy atom. The molecule has 0 saturated heterocycles. The van der Waals surface area contributed by atoms with Crippen molar-refractivity contribution in [2.24, 2.45) is 15.9 Å². The van der Waals surface area contributed by atoms with Gasteiger partial charge >= 0.3 is 0 Å². The van der Waals surface area contributed by atoms with E-state index in [0.717, 1.165) is 5.56 Å². The lowest BCUT2D eigenvalue weighted by molar-refractivity contribution is -0.384. The van der Waals surface area contributed by atoms with E-state index in [9.17, 15) is 10.1 Å². The summed E-state index contributed by atoms with van der Waals surface area (Å²) < 4.78 is 0. The number of nitrogens with two attached hydrogens (primary N) is 1. The lowest BCUT2D eigenvalue weighted by Crippen LogP contribution is -2.06. The Kier molecular flexibility index (Phi) is 6.60. The van der Waals surface area contributed by atoms with Gasteiger partial charge in [0.1, 0.15) is 0 Å². The van der Waals surface area contributed by atoms with Gasteiger partial charge < -0.3 is 5.73 Å². The van der Waals surface area contributed by atoms with Crippen LogP contribution in [0.4, 0.5) is 5.69 Å². The van der Waals surface area contributed by atoms with Gasteiger partial charge in [0.25, 0.3) is 5.69 Å². The molecule has 0 saturated carbocycles. The Morgan fingerprint density at radius 2 is 1.92 bits per heavy atom. The molecular weight excluding hydrogens is 371 g/mol. The number of nitro benzene ring substituents is 1. The van der Waals surface area contributed by atoms with Gasteiger partial charge in [0.05, 0.1) is 21.2 Å². The van der Waals surface area contributed by atoms with Crippen molar-refractivity contribution >= 4 is 52.0 Å². The highest BCUT2D eigenvalue weighted by atomic mass is 35.5. The number of nitro groups is 1. The number of rotatable bonds is 5. The van der Waals surface area contributed by atoms with Crippen LogP contribution in [0.2, 0.25) is 10.0 Å². The van der Waals surface area contributed by atoms with Crippen LogP contribution in [0.25, 0.3) is 0 Å². The van der Waals surface area contributed by atoms with Gasteiger partial charge in [-0.3, -0.25) is 10.1 Å². The average Bonchev–Trinajstić information content (AvgIpc) is 2.56. The van der Waals surface area contributed by atoms with Gasteiger partial charge in [0, 0.05) is 17.9 Å². The highest BCUT2D eigenvalue weighted by Gasteiger charge is 2.03. The number of amidine groups is 1. The molecule has 124 valence electrons. The first-order valence-electron chi connectivity index (χ1n) is 6.63. The van der Waals surface area contributed by atoms with E-state index in [1.54, 1.807) is 24.3 Å². The average molecular weight is 383 g/mol. The van der Waals surface area contributed by atoms with Crippen LogP contribution in [0.1, 0.15) is 11.1 Å². The van der Waals surface area contributed by atoms with Crippen LogP contribution in [-0.4, -0.2) is 16.3 Å². The molecule has 0 bridgehead atoms. The maximum Gasteiger partial charge on any atom is 0.269 e. The highest BCUT2D eigenvalue weighted by Crippen LogP contribution is 2.24. The molecule has 6 nitrogen and oxygen atoms in total. The Bertz CT molecular complexity index is 795. The first-order valence-corrected chi connectivity index (χ1v) is 8.37. The van der Waals surface area contributed by atoms with Crippen molar-refractivity contribution in [3.63, 3.8) is 0 Å². The molecule has 0 amide bonds. The molecule has 2 rings (SSSR count). The molecule has 24 heavy (non-hydrogen) atoms. The van der Waals surface area contributed by atoms with E-state index >= 15 is 0 Å². The summed E-state index contributed by atoms with van der Waals surface area (Å²) in [6.07, 6.45) is 1.47. The first kappa shape index (κ1) is 18.3. The second kappa shape index (κ2) is 8.68. The fourth-order valence-electron chi connectivity index (χ4n) is 1.65. The standard InChI is InChI=1S/C15H12Cl2N4O2S/c16-13-6-3-11(7-14(13)17)9-24-15(18)20-19-8-10-1-4-12(5-2-10)21(22)23/h1-8H,9H2,(H2,18,20)/b19-8+. The molecule has 2 aromatic rings. The second-order valence-corrected chi connectivity index (χ2v) is 6.38. The van der Waals surface area contributed by atoms with E-state index in [4.69, 9.17) is 28.9 Å². The van der Waals surface area contributed by atoms with Gasteiger partial charge in [-0.15, -0.1) is 5.10 Å². The van der Waals surface area contributed by atoms with E-state index in [1.165, 1.54) is 30.1 Å². The Hall–Kier alpha value is -2.09. The molecule has 0 spiro atoms. The number of hydrogen-bond acceptors (Lipinski definition) is 5. The van der Waals surface area contributed by atoms with Crippen LogP contribution in [-0.2, 0) is 5.75 Å². The fourth-order valence-corrected chi connectivity index (χ4v) is 2.57. The molecule has 2 N–H and O–H groups in total. The van der Waals surface area contributed by atoms with Gasteiger partial charge in [0.15, 0.2) is 5.17 Å². The van der Waals surface area contributed by atoms with Gasteiger partial charge in [-0.25, -0.2) is 0 Å². The predicted molar refractivity (Wildman–Crippen MR) is 100 cm³/mol. The zero-order chi connectivity index (χ0) is 17.5. The summed E-state index contributed by atoms with van der Waals surface area (Å²) >= 11 is 13.1. The third-order valence-electron chi connectivity index (χ3n) is 2.84. The summed E-state index contributed by atoms with van der Waals surface area (Å²) in [5.74, 6) is 0.583. The summed E-state index contributed by atoms with van der Waals surface area (Å²) in [6, 6.07) is 11.3. The predicted octanol–water partition coefficient (Wildman–Crippen LogP) is 4.48. The van der Waals surface area contributed by atoms with Crippen molar-refractivity contribution in [2.45, 2.75) is 5.75 Å². The molecule has 0 aliphatic rings. The van der Waals surface area contributed by atoms with E-state index in [-0.39, 0.29) is 5.69 Å². The molecule has 0 aliphatic heterocycles. The van der Waals surface area contributed by atoms with Crippen LogP contribution in [0.5, 0.6) is 0 Å². The minimum Gasteiger partial charge on any atom is -0.377 e. The normalized spacial score (nSPS) is 11.8. The number of hydrogen-bond donors (Lipinski definition) is 1. The zero-order valence-electron chi connectivity index (χ0n) is 12.2. The van der Waals surface area contributed by atoms with E-state index in [2.05, 4.69) is 10.2 Å². The third kappa shape index (κ3) is 5.52. The maximum absolute atomic E-state index is 10.6. The Morgan fingerprint density at radius 1 is 1.21 bits per heavy atom. The summed E-state index contributed by atoms with van der Waals surface area (Å²) in [7, 11) is 0. The molecule has 0 radical (unpaired) electrons. The molecular formula is C15H12Cl2N4O2S. The Labute approximate surface area is 152 Å². The monoisotopic (exact) mass is 382 g/mol. The maximum atomic E-state index is 10.6. The molecule has 0 aromatic heterocycles. The third-order valence-corrected chi connectivity index (χ3v) is 4.43. The summed E-state index contributed by atoms with van der Waals surface area (Å²) in [5, 5.41) is 19.6. The molecule has 0 heterocycles. The first-order chi connectivity index (χ1) is 11.5. The van der Waals surface area contributed by atoms with Crippen molar-refractivity contribution in [3.05, 3.63) is 73.8 Å². The van der Waals surface area contributed by atoms with E-state index in [0.29, 0.717) is 26.5 Å². The molecule has 0 fully saturated rings. The lowest BCUT2D eigenvalue weighted by Gasteiger charge is -2.02. The van der Waals surface area contributed by atoms with Crippen molar-refractivity contribution < 1.29 is 4.92 Å². The molecule has 0 unspecified atom stereocenters. The number of halogens is 2. The highest BCUT2D eigenvalue weighted by molar-refractivity contribution is 8.13. The van der Waals surface area contributed by atoms with Crippen molar-refractivity contribution in [1.29, 1.82) is 0 Å². The van der Waals surface area contributed by atoms with E-state index < -0.39 is 4.92 Å². The number of thioether (sulfide) groups is 1. The quantitative estimate of drug-likeness (QED) is 0.356. The van der Waals surface area contributed by atoms with Crippen molar-refractivity contribution in [3.8, 4) is 0 Å². The minimum atomic E-state index is -0.462. The van der Waals surface area contributed by atoms with Crippen LogP contribution in [0, 0.1) is 10.1 Å². The van der Waals surface area contributed by atoms with Crippen molar-refractivity contribution in [2.75, 3.05) is 0 Å².